The summed E-state index contributed by atoms with van der Waals surface area (Å²) >= 11 is 1.23. The molecule has 0 bridgehead atoms. The van der Waals surface area contributed by atoms with Crippen LogP contribution in [-0.4, -0.2) is 18.2 Å². The maximum absolute atomic E-state index is 13.1. The Morgan fingerprint density at radius 3 is 2.63 bits per heavy atom. The van der Waals surface area contributed by atoms with Crippen molar-refractivity contribution in [1.82, 2.24) is 0 Å². The molecule has 98 valence electrons. The van der Waals surface area contributed by atoms with Gasteiger partial charge in [-0.1, -0.05) is 23.9 Å². The van der Waals surface area contributed by atoms with Gasteiger partial charge in [0.25, 0.3) is 0 Å². The lowest BCUT2D eigenvalue weighted by atomic mass is 10.2. The standard InChI is InChI=1S/C14H11FO3S/c1-18-11-4-2-3-5-13(11)19-12-7-6-9(15)8-10(12)14(16)17/h2-8H,1H3,(H,16,17). The van der Waals surface area contributed by atoms with E-state index in [1.807, 2.05) is 18.2 Å². The fraction of sp³-hybridized carbons (Fsp3) is 0.0714. The molecule has 0 aliphatic heterocycles. The molecular weight excluding hydrogens is 267 g/mol. The molecule has 2 rings (SSSR count). The Hall–Kier alpha value is -2.01. The van der Waals surface area contributed by atoms with Crippen molar-refractivity contribution in [3.8, 4) is 5.75 Å². The predicted molar refractivity (Wildman–Crippen MR) is 70.5 cm³/mol. The van der Waals surface area contributed by atoms with Crippen LogP contribution in [0.5, 0.6) is 5.75 Å². The highest BCUT2D eigenvalue weighted by atomic mass is 32.2. The molecule has 2 aromatic rings. The number of carboxylic acids is 1. The third kappa shape index (κ3) is 3.06. The van der Waals surface area contributed by atoms with Gasteiger partial charge in [0, 0.05) is 4.90 Å². The Bertz CT molecular complexity index is 613. The Morgan fingerprint density at radius 2 is 1.95 bits per heavy atom. The number of rotatable bonds is 4. The van der Waals surface area contributed by atoms with Crippen LogP contribution in [0, 0.1) is 5.82 Å². The van der Waals surface area contributed by atoms with Gasteiger partial charge in [-0.15, -0.1) is 0 Å². The maximum Gasteiger partial charge on any atom is 0.336 e. The zero-order valence-corrected chi connectivity index (χ0v) is 10.9. The number of para-hydroxylation sites is 1. The number of carbonyl (C=O) groups is 1. The number of hydrogen-bond donors (Lipinski definition) is 1. The van der Waals surface area contributed by atoms with Gasteiger partial charge in [-0.25, -0.2) is 9.18 Å². The molecule has 0 fully saturated rings. The summed E-state index contributed by atoms with van der Waals surface area (Å²) in [6.07, 6.45) is 0. The first-order valence-electron chi connectivity index (χ1n) is 5.45. The normalized spacial score (nSPS) is 10.2. The number of ether oxygens (including phenoxy) is 1. The van der Waals surface area contributed by atoms with Crippen molar-refractivity contribution in [2.45, 2.75) is 9.79 Å². The van der Waals surface area contributed by atoms with Crippen molar-refractivity contribution in [1.29, 1.82) is 0 Å². The third-order valence-corrected chi connectivity index (χ3v) is 3.59. The average molecular weight is 278 g/mol. The minimum absolute atomic E-state index is 0.0593. The lowest BCUT2D eigenvalue weighted by Crippen LogP contribution is -1.99. The molecule has 0 heterocycles. The monoisotopic (exact) mass is 278 g/mol. The van der Waals surface area contributed by atoms with Crippen LogP contribution in [-0.2, 0) is 0 Å². The highest BCUT2D eigenvalue weighted by Crippen LogP contribution is 2.36. The summed E-state index contributed by atoms with van der Waals surface area (Å²) in [6.45, 7) is 0. The molecule has 0 saturated carbocycles. The smallest absolute Gasteiger partial charge is 0.336 e. The number of hydrogen-bond acceptors (Lipinski definition) is 3. The topological polar surface area (TPSA) is 46.5 Å². The molecule has 0 aliphatic carbocycles. The van der Waals surface area contributed by atoms with Gasteiger partial charge < -0.3 is 9.84 Å². The first-order chi connectivity index (χ1) is 9.11. The van der Waals surface area contributed by atoms with E-state index >= 15 is 0 Å². The second kappa shape index (κ2) is 5.75. The van der Waals surface area contributed by atoms with Crippen molar-refractivity contribution in [3.63, 3.8) is 0 Å². The second-order valence-corrected chi connectivity index (χ2v) is 4.78. The van der Waals surface area contributed by atoms with Crippen LogP contribution in [0.4, 0.5) is 4.39 Å². The zero-order valence-electron chi connectivity index (χ0n) is 10.1. The summed E-state index contributed by atoms with van der Waals surface area (Å²) in [7, 11) is 1.54. The Kier molecular flexibility index (Phi) is 4.06. The molecule has 1 N–H and O–H groups in total. The van der Waals surface area contributed by atoms with Crippen molar-refractivity contribution in [2.24, 2.45) is 0 Å². The van der Waals surface area contributed by atoms with E-state index in [9.17, 15) is 9.18 Å². The molecule has 0 atom stereocenters. The fourth-order valence-electron chi connectivity index (χ4n) is 1.58. The number of carboxylic acid groups (broad SMARTS) is 1. The SMILES string of the molecule is COc1ccccc1Sc1ccc(F)cc1C(=O)O. The quantitative estimate of drug-likeness (QED) is 0.926. The van der Waals surface area contributed by atoms with Crippen LogP contribution in [0.3, 0.4) is 0 Å². The van der Waals surface area contributed by atoms with Gasteiger partial charge in [0.1, 0.15) is 11.6 Å². The highest BCUT2D eigenvalue weighted by molar-refractivity contribution is 7.99. The van der Waals surface area contributed by atoms with Gasteiger partial charge in [0.15, 0.2) is 0 Å². The van der Waals surface area contributed by atoms with E-state index in [0.717, 1.165) is 11.0 Å². The first kappa shape index (κ1) is 13.4. The van der Waals surface area contributed by atoms with Crippen LogP contribution in [0.15, 0.2) is 52.3 Å². The van der Waals surface area contributed by atoms with E-state index in [1.165, 1.54) is 23.9 Å². The second-order valence-electron chi connectivity index (χ2n) is 3.70. The van der Waals surface area contributed by atoms with E-state index in [2.05, 4.69) is 0 Å². The molecule has 0 aliphatic rings. The minimum Gasteiger partial charge on any atom is -0.496 e. The summed E-state index contributed by atoms with van der Waals surface area (Å²) in [5, 5.41) is 9.08. The van der Waals surface area contributed by atoms with Gasteiger partial charge in [0.2, 0.25) is 0 Å². The molecule has 0 amide bonds. The highest BCUT2D eigenvalue weighted by Gasteiger charge is 2.14. The Morgan fingerprint density at radius 1 is 1.21 bits per heavy atom. The van der Waals surface area contributed by atoms with Crippen LogP contribution >= 0.6 is 11.8 Å². The summed E-state index contributed by atoms with van der Waals surface area (Å²) in [5.74, 6) is -1.08. The van der Waals surface area contributed by atoms with Crippen molar-refractivity contribution < 1.29 is 19.0 Å². The first-order valence-corrected chi connectivity index (χ1v) is 6.27. The number of benzene rings is 2. The average Bonchev–Trinajstić information content (AvgIpc) is 2.41. The molecule has 0 unspecified atom stereocenters. The number of halogens is 1. The summed E-state index contributed by atoms with van der Waals surface area (Å²) in [6, 6.07) is 11.0. The van der Waals surface area contributed by atoms with E-state index in [-0.39, 0.29) is 5.56 Å². The third-order valence-electron chi connectivity index (χ3n) is 2.46. The Balaban J connectivity index is 2.41. The lowest BCUT2D eigenvalue weighted by Gasteiger charge is -2.09. The molecule has 19 heavy (non-hydrogen) atoms. The van der Waals surface area contributed by atoms with Crippen LogP contribution in [0.1, 0.15) is 10.4 Å². The van der Waals surface area contributed by atoms with Gasteiger partial charge in [-0.2, -0.15) is 0 Å². The van der Waals surface area contributed by atoms with E-state index in [0.29, 0.717) is 10.6 Å². The van der Waals surface area contributed by atoms with Gasteiger partial charge in [0.05, 0.1) is 17.6 Å². The zero-order chi connectivity index (χ0) is 13.8. The lowest BCUT2D eigenvalue weighted by molar-refractivity contribution is 0.0692. The number of aromatic carboxylic acids is 1. The van der Waals surface area contributed by atoms with E-state index < -0.39 is 11.8 Å². The molecule has 2 aromatic carbocycles. The summed E-state index contributed by atoms with van der Waals surface area (Å²) in [5.41, 5.74) is -0.0593. The van der Waals surface area contributed by atoms with E-state index in [1.54, 1.807) is 13.2 Å². The van der Waals surface area contributed by atoms with Gasteiger partial charge >= 0.3 is 5.97 Å². The molecule has 0 aromatic heterocycles. The maximum atomic E-state index is 13.1. The van der Waals surface area contributed by atoms with Gasteiger partial charge in [-0.05, 0) is 30.3 Å². The molecule has 0 spiro atoms. The largest absolute Gasteiger partial charge is 0.496 e. The number of methoxy groups -OCH3 is 1. The molecule has 0 saturated heterocycles. The molecular formula is C14H11FO3S. The van der Waals surface area contributed by atoms with Crippen LogP contribution in [0.25, 0.3) is 0 Å². The fourth-order valence-corrected chi connectivity index (χ4v) is 2.61. The minimum atomic E-state index is -1.16. The predicted octanol–water partition coefficient (Wildman–Crippen LogP) is 3.68. The molecule has 3 nitrogen and oxygen atoms in total. The summed E-state index contributed by atoms with van der Waals surface area (Å²) < 4.78 is 18.3. The molecule has 5 heteroatoms. The van der Waals surface area contributed by atoms with Gasteiger partial charge in [-0.3, -0.25) is 0 Å². The van der Waals surface area contributed by atoms with Crippen LogP contribution in [0.2, 0.25) is 0 Å². The van der Waals surface area contributed by atoms with Crippen molar-refractivity contribution >= 4 is 17.7 Å². The van der Waals surface area contributed by atoms with Crippen LogP contribution < -0.4 is 4.74 Å². The Labute approximate surface area is 114 Å². The van der Waals surface area contributed by atoms with Crippen molar-refractivity contribution in [2.75, 3.05) is 7.11 Å². The van der Waals surface area contributed by atoms with E-state index in [4.69, 9.17) is 9.84 Å². The molecule has 0 radical (unpaired) electrons. The summed E-state index contributed by atoms with van der Waals surface area (Å²) in [4.78, 5) is 12.4. The van der Waals surface area contributed by atoms with Crippen molar-refractivity contribution in [3.05, 3.63) is 53.8 Å².